The van der Waals surface area contributed by atoms with Crippen molar-refractivity contribution in [2.45, 2.75) is 98.8 Å². The van der Waals surface area contributed by atoms with Gasteiger partial charge < -0.3 is 9.97 Å². The molecule has 5 N–H and O–H groups in total. The standard InChI is InChI=1S/C7H11N.2C6H10N2.C5H9N3.C4H8N4/c1-6(2)7-4-3-5-8-7;1-5(2)6-7-3-4-8-6;1-5(2)6-3-4-7-8-6;1-4(2)5-6-3-7-8-5;1-3(2)4-5-7-8-6-4/h3-6,8H,1-2H3;2*3-5H,1-2H3,(H,7,8);3-4H,1-2H3,(H,6,7,8);3H,1-2H3,(H,5,6,7,8). The predicted molar refractivity (Wildman–Crippen MR) is 159 cm³/mol. The SMILES string of the molecule is CC(C)c1ccc[nH]1.CC(C)c1ccn[nH]1.CC(C)c1ncc[nH]1.CC(C)c1ncn[nH]1.CC(C)c1nn[nH]n1. The number of hydrogen-bond acceptors (Lipinski definition) is 7. The molecule has 0 amide bonds. The highest BCUT2D eigenvalue weighted by Gasteiger charge is 2.01. The van der Waals surface area contributed by atoms with Crippen molar-refractivity contribution >= 4 is 0 Å². The van der Waals surface area contributed by atoms with E-state index in [9.17, 15) is 0 Å². The molecule has 0 aromatic carbocycles. The predicted octanol–water partition coefficient (Wildman–Crippen LogP) is 6.46. The monoisotopic (exact) mass is 552 g/mol. The number of H-pyrrole nitrogens is 5. The largest absolute Gasteiger partial charge is 0.365 e. The summed E-state index contributed by atoms with van der Waals surface area (Å²) in [4.78, 5) is 14.2. The van der Waals surface area contributed by atoms with E-state index < -0.39 is 0 Å². The van der Waals surface area contributed by atoms with E-state index in [-0.39, 0.29) is 0 Å². The second kappa shape index (κ2) is 19.0. The molecule has 40 heavy (non-hydrogen) atoms. The average molecular weight is 553 g/mol. The summed E-state index contributed by atoms with van der Waals surface area (Å²) in [5.74, 6) is 5.32. The maximum Gasteiger partial charge on any atom is 0.177 e. The van der Waals surface area contributed by atoms with E-state index in [1.165, 1.54) is 17.7 Å². The molecule has 5 rings (SSSR count). The smallest absolute Gasteiger partial charge is 0.177 e. The molecule has 0 atom stereocenters. The van der Waals surface area contributed by atoms with Gasteiger partial charge in [-0.3, -0.25) is 10.2 Å². The van der Waals surface area contributed by atoms with Gasteiger partial charge in [-0.1, -0.05) is 74.5 Å². The Morgan fingerprint density at radius 1 is 0.600 bits per heavy atom. The van der Waals surface area contributed by atoms with Gasteiger partial charge in [0.05, 0.1) is 0 Å². The Morgan fingerprint density at radius 2 is 1.30 bits per heavy atom. The molecule has 0 aliphatic heterocycles. The van der Waals surface area contributed by atoms with Crippen LogP contribution < -0.4 is 0 Å². The van der Waals surface area contributed by atoms with Crippen molar-refractivity contribution in [2.24, 2.45) is 0 Å². The van der Waals surface area contributed by atoms with Crippen molar-refractivity contribution < 1.29 is 0 Å². The molecule has 0 spiro atoms. The van der Waals surface area contributed by atoms with Crippen molar-refractivity contribution in [3.63, 3.8) is 0 Å². The molecule has 0 bridgehead atoms. The van der Waals surface area contributed by atoms with E-state index in [1.807, 2.05) is 38.4 Å². The molecule has 0 unspecified atom stereocenters. The van der Waals surface area contributed by atoms with Gasteiger partial charge in [0.1, 0.15) is 18.0 Å². The summed E-state index contributed by atoms with van der Waals surface area (Å²) in [6, 6.07) is 6.12. The molecule has 0 saturated heterocycles. The molecular weight excluding hydrogens is 504 g/mol. The number of nitrogens with zero attached hydrogens (tertiary/aromatic N) is 7. The third kappa shape index (κ3) is 14.2. The van der Waals surface area contributed by atoms with Crippen LogP contribution in [0.15, 0.2) is 49.3 Å². The fraction of sp³-hybridized carbons (Fsp3) is 0.536. The molecular formula is C28H48N12. The second-order valence-electron chi connectivity index (χ2n) is 10.5. The van der Waals surface area contributed by atoms with Gasteiger partial charge in [0.25, 0.3) is 0 Å². The normalized spacial score (nSPS) is 10.4. The van der Waals surface area contributed by atoms with E-state index in [0.29, 0.717) is 29.6 Å². The number of aromatic nitrogens is 12. The quantitative estimate of drug-likeness (QED) is 0.167. The summed E-state index contributed by atoms with van der Waals surface area (Å²) in [6.45, 7) is 21.0. The van der Waals surface area contributed by atoms with Crippen molar-refractivity contribution in [1.29, 1.82) is 0 Å². The highest BCUT2D eigenvalue weighted by atomic mass is 15.5. The fourth-order valence-electron chi connectivity index (χ4n) is 2.79. The first-order valence-electron chi connectivity index (χ1n) is 13.7. The van der Waals surface area contributed by atoms with Gasteiger partial charge in [-0.05, 0) is 30.0 Å². The number of hydrogen-bond donors (Lipinski definition) is 5. The van der Waals surface area contributed by atoms with Crippen LogP contribution in [0.2, 0.25) is 0 Å². The van der Waals surface area contributed by atoms with Crippen LogP contribution in [0, 0.1) is 0 Å². The molecule has 12 heteroatoms. The van der Waals surface area contributed by atoms with Crippen LogP contribution in [0.3, 0.4) is 0 Å². The molecule has 220 valence electrons. The van der Waals surface area contributed by atoms with Crippen LogP contribution >= 0.6 is 0 Å². The van der Waals surface area contributed by atoms with E-state index in [2.05, 4.69) is 122 Å². The van der Waals surface area contributed by atoms with Crippen molar-refractivity contribution in [2.75, 3.05) is 0 Å². The zero-order valence-electron chi connectivity index (χ0n) is 25.6. The molecule has 0 fully saturated rings. The fourth-order valence-corrected chi connectivity index (χ4v) is 2.79. The summed E-state index contributed by atoms with van der Waals surface area (Å²) in [5.41, 5.74) is 2.51. The lowest BCUT2D eigenvalue weighted by Gasteiger charge is -1.97. The summed E-state index contributed by atoms with van der Waals surface area (Å²) in [7, 11) is 0. The zero-order chi connectivity index (χ0) is 29.9. The van der Waals surface area contributed by atoms with E-state index >= 15 is 0 Å². The van der Waals surface area contributed by atoms with Crippen molar-refractivity contribution in [3.8, 4) is 0 Å². The van der Waals surface area contributed by atoms with E-state index in [4.69, 9.17) is 0 Å². The van der Waals surface area contributed by atoms with Crippen LogP contribution in [0.25, 0.3) is 0 Å². The number of nitrogens with one attached hydrogen (secondary N) is 5. The first-order valence-corrected chi connectivity index (χ1v) is 13.7. The summed E-state index contributed by atoms with van der Waals surface area (Å²) in [5, 5.41) is 26.5. The van der Waals surface area contributed by atoms with Crippen LogP contribution in [0.5, 0.6) is 0 Å². The Kier molecular flexibility index (Phi) is 16.2. The van der Waals surface area contributed by atoms with Gasteiger partial charge in [0.15, 0.2) is 5.82 Å². The highest BCUT2D eigenvalue weighted by Crippen LogP contribution is 2.09. The van der Waals surface area contributed by atoms with E-state index in [0.717, 1.165) is 17.5 Å². The lowest BCUT2D eigenvalue weighted by Crippen LogP contribution is -1.88. The Balaban J connectivity index is 0.000000250. The van der Waals surface area contributed by atoms with Gasteiger partial charge in [-0.25, -0.2) is 9.97 Å². The van der Waals surface area contributed by atoms with Crippen molar-refractivity contribution in [1.82, 2.24) is 61.0 Å². The van der Waals surface area contributed by atoms with Gasteiger partial charge in [0, 0.05) is 53.9 Å². The summed E-state index contributed by atoms with van der Waals surface area (Å²) in [6.07, 6.45) is 8.87. The Hall–Kier alpha value is -4.09. The maximum absolute atomic E-state index is 4.06. The molecule has 0 aliphatic carbocycles. The minimum Gasteiger partial charge on any atom is -0.365 e. The average Bonchev–Trinajstić information content (AvgIpc) is 3.74. The highest BCUT2D eigenvalue weighted by molar-refractivity contribution is 5.07. The Morgan fingerprint density at radius 3 is 1.55 bits per heavy atom. The molecule has 12 nitrogen and oxygen atoms in total. The van der Waals surface area contributed by atoms with Gasteiger partial charge in [-0.2, -0.15) is 15.4 Å². The third-order valence-electron chi connectivity index (χ3n) is 5.31. The molecule has 0 radical (unpaired) electrons. The van der Waals surface area contributed by atoms with Crippen LogP contribution in [0.1, 0.15) is 128 Å². The molecule has 5 heterocycles. The topological polar surface area (TPSA) is 169 Å². The molecule has 0 aliphatic rings. The van der Waals surface area contributed by atoms with Crippen LogP contribution in [0.4, 0.5) is 0 Å². The Labute approximate surface area is 238 Å². The Bertz CT molecular complexity index is 933. The number of imidazole rings is 1. The van der Waals surface area contributed by atoms with Crippen LogP contribution in [-0.4, -0.2) is 61.0 Å². The minimum absolute atomic E-state index is 0.369. The second-order valence-corrected chi connectivity index (χ2v) is 10.5. The third-order valence-corrected chi connectivity index (χ3v) is 5.31. The number of aromatic amines is 5. The minimum atomic E-state index is 0.369. The van der Waals surface area contributed by atoms with Crippen LogP contribution in [-0.2, 0) is 0 Å². The number of tetrazole rings is 1. The summed E-state index contributed by atoms with van der Waals surface area (Å²) >= 11 is 0. The van der Waals surface area contributed by atoms with E-state index in [1.54, 1.807) is 12.4 Å². The molecule has 0 saturated carbocycles. The first-order chi connectivity index (χ1) is 19.0. The lowest BCUT2D eigenvalue weighted by atomic mass is 10.1. The first kappa shape index (κ1) is 33.9. The zero-order valence-corrected chi connectivity index (χ0v) is 25.6. The van der Waals surface area contributed by atoms with Crippen molar-refractivity contribution in [3.05, 3.63) is 78.2 Å². The molecule has 5 aromatic heterocycles. The number of rotatable bonds is 5. The van der Waals surface area contributed by atoms with Gasteiger partial charge in [-0.15, -0.1) is 10.2 Å². The summed E-state index contributed by atoms with van der Waals surface area (Å²) < 4.78 is 0. The van der Waals surface area contributed by atoms with Gasteiger partial charge >= 0.3 is 0 Å². The molecule has 5 aromatic rings. The van der Waals surface area contributed by atoms with Gasteiger partial charge in [0.2, 0.25) is 0 Å². The lowest BCUT2D eigenvalue weighted by molar-refractivity contribution is 0.778. The maximum atomic E-state index is 4.06.